The zero-order chi connectivity index (χ0) is 7.40. The number of rotatable bonds is 1. The van der Waals surface area contributed by atoms with E-state index in [0.29, 0.717) is 0 Å². The molecule has 0 nitrogen and oxygen atoms in total. The number of benzene rings is 1. The smallest absolute Gasteiger partial charge is 0.123 e. The lowest BCUT2D eigenvalue weighted by atomic mass is 10.2. The lowest BCUT2D eigenvalue weighted by Crippen LogP contribution is -1.79. The van der Waals surface area contributed by atoms with E-state index in [2.05, 4.69) is 5.92 Å². The Labute approximate surface area is 59.7 Å². The van der Waals surface area contributed by atoms with Crippen molar-refractivity contribution in [3.05, 3.63) is 42.1 Å². The van der Waals surface area contributed by atoms with Crippen LogP contribution in [-0.2, 0) is 0 Å². The van der Waals surface area contributed by atoms with Crippen molar-refractivity contribution in [2.75, 3.05) is 0 Å². The molecule has 0 aromatic heterocycles. The Kier molecular flexibility index (Phi) is 2.07. The average molecular weight is 133 g/mol. The van der Waals surface area contributed by atoms with Crippen LogP contribution in [0.15, 0.2) is 24.3 Å². The Morgan fingerprint density at radius 2 is 2.30 bits per heavy atom. The molecule has 0 atom stereocenters. The summed E-state index contributed by atoms with van der Waals surface area (Å²) >= 11 is 0. The summed E-state index contributed by atoms with van der Waals surface area (Å²) in [6.45, 7) is 0. The van der Waals surface area contributed by atoms with E-state index in [1.165, 1.54) is 18.6 Å². The zero-order valence-corrected chi connectivity index (χ0v) is 5.34. The second kappa shape index (κ2) is 3.03. The normalized spacial score (nSPS) is 8.80. The fourth-order valence-electron chi connectivity index (χ4n) is 0.693. The van der Waals surface area contributed by atoms with Crippen LogP contribution in [-0.4, -0.2) is 0 Å². The van der Waals surface area contributed by atoms with Crippen molar-refractivity contribution in [2.24, 2.45) is 0 Å². The quantitative estimate of drug-likeness (QED) is 0.514. The van der Waals surface area contributed by atoms with E-state index >= 15 is 0 Å². The van der Waals surface area contributed by atoms with E-state index < -0.39 is 0 Å². The molecule has 10 heavy (non-hydrogen) atoms. The van der Waals surface area contributed by atoms with Crippen molar-refractivity contribution >= 4 is 0 Å². The molecule has 0 spiro atoms. The summed E-state index contributed by atoms with van der Waals surface area (Å²) < 4.78 is 12.4. The van der Waals surface area contributed by atoms with Crippen LogP contribution in [0.4, 0.5) is 4.39 Å². The third-order valence-electron chi connectivity index (χ3n) is 1.10. The maximum absolute atomic E-state index is 12.4. The molecule has 1 aromatic carbocycles. The van der Waals surface area contributed by atoms with E-state index in [1.54, 1.807) is 12.1 Å². The second-order valence-electron chi connectivity index (χ2n) is 1.87. The standard InChI is InChI=1S/C9H6F/c1-2-4-8-5-3-6-9(10)7-8/h1,3-7H. The molecule has 0 heterocycles. The molecule has 0 saturated carbocycles. The lowest BCUT2D eigenvalue weighted by Gasteiger charge is -1.91. The van der Waals surface area contributed by atoms with Crippen LogP contribution in [0.3, 0.4) is 0 Å². The highest BCUT2D eigenvalue weighted by atomic mass is 19.1. The summed E-state index contributed by atoms with van der Waals surface area (Å²) in [4.78, 5) is 0. The molecule has 49 valence electrons. The van der Waals surface area contributed by atoms with Gasteiger partial charge in [0.25, 0.3) is 0 Å². The SMILES string of the molecule is C#C[CH]c1cccc(F)c1. The lowest BCUT2D eigenvalue weighted by molar-refractivity contribution is 0.627. The van der Waals surface area contributed by atoms with Crippen molar-refractivity contribution < 1.29 is 4.39 Å². The predicted octanol–water partition coefficient (Wildman–Crippen LogP) is 2.01. The van der Waals surface area contributed by atoms with Crippen LogP contribution in [0.25, 0.3) is 0 Å². The minimum Gasteiger partial charge on any atom is -0.207 e. The fourth-order valence-corrected chi connectivity index (χ4v) is 0.693. The van der Waals surface area contributed by atoms with Crippen LogP contribution < -0.4 is 0 Å². The van der Waals surface area contributed by atoms with Crippen molar-refractivity contribution in [3.63, 3.8) is 0 Å². The largest absolute Gasteiger partial charge is 0.207 e. The van der Waals surface area contributed by atoms with Gasteiger partial charge >= 0.3 is 0 Å². The van der Waals surface area contributed by atoms with Gasteiger partial charge in [0, 0.05) is 0 Å². The minimum atomic E-state index is -0.260. The summed E-state index contributed by atoms with van der Waals surface area (Å²) in [7, 11) is 0. The first kappa shape index (κ1) is 6.82. The summed E-state index contributed by atoms with van der Waals surface area (Å²) in [5, 5.41) is 0. The second-order valence-corrected chi connectivity index (χ2v) is 1.87. The molecule has 0 aliphatic heterocycles. The van der Waals surface area contributed by atoms with Crippen LogP contribution in [0.1, 0.15) is 5.56 Å². The van der Waals surface area contributed by atoms with Gasteiger partial charge in [-0.15, -0.1) is 6.42 Å². The molecule has 1 heteroatoms. The summed E-state index contributed by atoms with van der Waals surface area (Å²) in [5.74, 6) is 2.06. The molecule has 1 rings (SSSR count). The van der Waals surface area contributed by atoms with Crippen molar-refractivity contribution in [2.45, 2.75) is 0 Å². The topological polar surface area (TPSA) is 0 Å². The van der Waals surface area contributed by atoms with E-state index in [1.807, 2.05) is 0 Å². The average Bonchev–Trinajstić information content (AvgIpc) is 1.88. The van der Waals surface area contributed by atoms with Crippen molar-refractivity contribution in [1.82, 2.24) is 0 Å². The molecule has 1 aromatic rings. The van der Waals surface area contributed by atoms with Crippen LogP contribution in [0.5, 0.6) is 0 Å². The first-order valence-electron chi connectivity index (χ1n) is 2.88. The van der Waals surface area contributed by atoms with E-state index in [0.717, 1.165) is 5.56 Å². The Hall–Kier alpha value is -1.29. The molecule has 0 aliphatic rings. The summed E-state index contributed by atoms with van der Waals surface area (Å²) in [6, 6.07) is 6.15. The van der Waals surface area contributed by atoms with Gasteiger partial charge in [0.1, 0.15) is 5.82 Å². The molecule has 0 fully saturated rings. The van der Waals surface area contributed by atoms with Gasteiger partial charge in [-0.05, 0) is 17.7 Å². The third-order valence-corrected chi connectivity index (χ3v) is 1.10. The Balaban J connectivity index is 2.87. The van der Waals surface area contributed by atoms with Gasteiger partial charge in [0.2, 0.25) is 0 Å². The van der Waals surface area contributed by atoms with Gasteiger partial charge in [0.05, 0.1) is 6.42 Å². The minimum absolute atomic E-state index is 0.260. The Morgan fingerprint density at radius 1 is 1.50 bits per heavy atom. The highest BCUT2D eigenvalue weighted by Crippen LogP contribution is 2.04. The Morgan fingerprint density at radius 3 is 2.90 bits per heavy atom. The molecular weight excluding hydrogens is 127 g/mol. The first-order chi connectivity index (χ1) is 4.83. The van der Waals surface area contributed by atoms with Crippen LogP contribution in [0.2, 0.25) is 0 Å². The fraction of sp³-hybridized carbons (Fsp3) is 0. The van der Waals surface area contributed by atoms with E-state index in [9.17, 15) is 4.39 Å². The molecule has 0 saturated heterocycles. The molecule has 1 radical (unpaired) electrons. The van der Waals surface area contributed by atoms with Crippen molar-refractivity contribution in [3.8, 4) is 12.3 Å². The maximum atomic E-state index is 12.4. The van der Waals surface area contributed by atoms with E-state index in [4.69, 9.17) is 6.42 Å². The highest BCUT2D eigenvalue weighted by molar-refractivity contribution is 5.30. The van der Waals surface area contributed by atoms with Gasteiger partial charge in [0.15, 0.2) is 0 Å². The number of hydrogen-bond acceptors (Lipinski definition) is 0. The zero-order valence-electron chi connectivity index (χ0n) is 5.34. The van der Waals surface area contributed by atoms with Gasteiger partial charge in [-0.2, -0.15) is 0 Å². The highest BCUT2D eigenvalue weighted by Gasteiger charge is 1.91. The van der Waals surface area contributed by atoms with Gasteiger partial charge < -0.3 is 0 Å². The number of halogens is 1. The third kappa shape index (κ3) is 1.60. The number of hydrogen-bond donors (Lipinski definition) is 0. The Bertz CT molecular complexity index is 258. The molecular formula is C9H6F. The number of terminal acetylenes is 1. The molecule has 0 amide bonds. The van der Waals surface area contributed by atoms with Gasteiger partial charge in [-0.1, -0.05) is 18.1 Å². The van der Waals surface area contributed by atoms with E-state index in [-0.39, 0.29) is 5.82 Å². The van der Waals surface area contributed by atoms with Gasteiger partial charge in [-0.25, -0.2) is 4.39 Å². The maximum Gasteiger partial charge on any atom is 0.123 e. The monoisotopic (exact) mass is 133 g/mol. The predicted molar refractivity (Wildman–Crippen MR) is 38.6 cm³/mol. The van der Waals surface area contributed by atoms with Gasteiger partial charge in [-0.3, -0.25) is 0 Å². The van der Waals surface area contributed by atoms with Crippen LogP contribution in [0, 0.1) is 24.6 Å². The molecule has 0 N–H and O–H groups in total. The summed E-state index contributed by atoms with van der Waals surface area (Å²) in [5.41, 5.74) is 0.725. The first-order valence-corrected chi connectivity index (χ1v) is 2.88. The molecule has 0 unspecified atom stereocenters. The summed E-state index contributed by atoms with van der Waals surface area (Å²) in [6.07, 6.45) is 6.50. The molecule has 0 aliphatic carbocycles. The van der Waals surface area contributed by atoms with Crippen LogP contribution >= 0.6 is 0 Å². The molecule has 0 bridgehead atoms. The van der Waals surface area contributed by atoms with Crippen molar-refractivity contribution in [1.29, 1.82) is 0 Å².